The summed E-state index contributed by atoms with van der Waals surface area (Å²) in [4.78, 5) is 10.2. The highest BCUT2D eigenvalue weighted by Gasteiger charge is 2.32. The van der Waals surface area contributed by atoms with Crippen LogP contribution < -0.4 is 5.73 Å². The molecule has 1 fully saturated rings. The number of aromatic nitrogens is 2. The molecule has 1 aliphatic heterocycles. The zero-order valence-corrected chi connectivity index (χ0v) is 10.7. The minimum atomic E-state index is -0.486. The highest BCUT2D eigenvalue weighted by Crippen LogP contribution is 2.40. The first-order valence-corrected chi connectivity index (χ1v) is 6.61. The van der Waals surface area contributed by atoms with Gasteiger partial charge in [0.2, 0.25) is 5.82 Å². The van der Waals surface area contributed by atoms with E-state index in [-0.39, 0.29) is 23.0 Å². The van der Waals surface area contributed by atoms with Crippen LogP contribution >= 0.6 is 11.8 Å². The van der Waals surface area contributed by atoms with E-state index in [0.29, 0.717) is 0 Å². The van der Waals surface area contributed by atoms with Crippen LogP contribution in [-0.2, 0) is 0 Å². The monoisotopic (exact) mass is 256 g/mol. The Balaban J connectivity index is 2.25. The zero-order valence-electron chi connectivity index (χ0n) is 9.92. The lowest BCUT2D eigenvalue weighted by molar-refractivity contribution is -0.384. The van der Waals surface area contributed by atoms with Gasteiger partial charge in [-0.3, -0.25) is 10.1 Å². The molecule has 1 atom stereocenters. The number of nitrogens with two attached hydrogens (primary N) is 1. The van der Waals surface area contributed by atoms with Gasteiger partial charge in [-0.2, -0.15) is 16.9 Å². The molecule has 1 aromatic heterocycles. The normalized spacial score (nSPS) is 23.5. The zero-order chi connectivity index (χ0) is 12.6. The first kappa shape index (κ1) is 12.2. The van der Waals surface area contributed by atoms with Gasteiger partial charge < -0.3 is 5.73 Å². The molecule has 6 nitrogen and oxygen atoms in total. The summed E-state index contributed by atoms with van der Waals surface area (Å²) in [6.07, 6.45) is 2.19. The summed E-state index contributed by atoms with van der Waals surface area (Å²) in [6, 6.07) is 0.150. The minimum Gasteiger partial charge on any atom is -0.378 e. The Bertz CT molecular complexity index is 444. The molecule has 0 amide bonds. The van der Waals surface area contributed by atoms with Gasteiger partial charge in [-0.05, 0) is 17.6 Å². The highest BCUT2D eigenvalue weighted by atomic mass is 32.2. The number of nitrogens with zero attached hydrogens (tertiary/aromatic N) is 3. The second-order valence-electron chi connectivity index (χ2n) is 5.15. The highest BCUT2D eigenvalue weighted by molar-refractivity contribution is 7.99. The van der Waals surface area contributed by atoms with E-state index in [9.17, 15) is 10.1 Å². The molecule has 1 aliphatic rings. The second-order valence-corrected chi connectivity index (χ2v) is 6.18. The number of nitrogen functional groups attached to an aromatic ring is 1. The largest absolute Gasteiger partial charge is 0.378 e. The van der Waals surface area contributed by atoms with Crippen LogP contribution in [0.1, 0.15) is 26.3 Å². The van der Waals surface area contributed by atoms with Crippen LogP contribution in [0.4, 0.5) is 11.5 Å². The van der Waals surface area contributed by atoms with E-state index < -0.39 is 4.92 Å². The van der Waals surface area contributed by atoms with E-state index in [1.165, 1.54) is 6.20 Å². The lowest BCUT2D eigenvalue weighted by Crippen LogP contribution is -2.29. The molecule has 2 N–H and O–H groups in total. The third-order valence-electron chi connectivity index (χ3n) is 2.95. The van der Waals surface area contributed by atoms with Crippen molar-refractivity contribution in [2.75, 3.05) is 17.2 Å². The summed E-state index contributed by atoms with van der Waals surface area (Å²) in [5.74, 6) is 2.18. The maximum absolute atomic E-state index is 10.7. The van der Waals surface area contributed by atoms with E-state index in [2.05, 4.69) is 18.9 Å². The molecule has 1 aromatic rings. The van der Waals surface area contributed by atoms with Gasteiger partial charge in [0.15, 0.2) is 0 Å². The third-order valence-corrected chi connectivity index (χ3v) is 4.55. The van der Waals surface area contributed by atoms with Crippen LogP contribution in [0, 0.1) is 15.5 Å². The van der Waals surface area contributed by atoms with Crippen molar-refractivity contribution in [1.29, 1.82) is 0 Å². The SMILES string of the molecule is CC1(C)CSCC(n2ncc([N+](=O)[O-])c2N)C1. The first-order chi connectivity index (χ1) is 7.91. The summed E-state index contributed by atoms with van der Waals surface area (Å²) in [7, 11) is 0. The number of nitro groups is 1. The molecule has 2 rings (SSSR count). The summed E-state index contributed by atoms with van der Waals surface area (Å²) >= 11 is 1.84. The topological polar surface area (TPSA) is 87.0 Å². The van der Waals surface area contributed by atoms with Crippen molar-refractivity contribution in [3.05, 3.63) is 16.3 Å². The van der Waals surface area contributed by atoms with Crippen LogP contribution in [0.3, 0.4) is 0 Å². The predicted molar refractivity (Wildman–Crippen MR) is 68.1 cm³/mol. The van der Waals surface area contributed by atoms with Gasteiger partial charge in [-0.25, -0.2) is 4.68 Å². The van der Waals surface area contributed by atoms with Gasteiger partial charge in [-0.15, -0.1) is 0 Å². The number of hydrogen-bond acceptors (Lipinski definition) is 5. The fourth-order valence-corrected chi connectivity index (χ4v) is 3.50. The van der Waals surface area contributed by atoms with Gasteiger partial charge >= 0.3 is 5.69 Å². The summed E-state index contributed by atoms with van der Waals surface area (Å²) in [5, 5.41) is 14.8. The summed E-state index contributed by atoms with van der Waals surface area (Å²) in [6.45, 7) is 4.39. The van der Waals surface area contributed by atoms with Crippen molar-refractivity contribution in [2.24, 2.45) is 5.41 Å². The van der Waals surface area contributed by atoms with Crippen LogP contribution in [0.5, 0.6) is 0 Å². The number of hydrogen-bond donors (Lipinski definition) is 1. The average molecular weight is 256 g/mol. The van der Waals surface area contributed by atoms with Gasteiger partial charge in [0.25, 0.3) is 0 Å². The maximum atomic E-state index is 10.7. The molecule has 0 spiro atoms. The molecular formula is C10H16N4O2S. The first-order valence-electron chi connectivity index (χ1n) is 5.46. The predicted octanol–water partition coefficient (Wildman–Crippen LogP) is 2.08. The smallest absolute Gasteiger partial charge is 0.330 e. The van der Waals surface area contributed by atoms with Crippen molar-refractivity contribution in [2.45, 2.75) is 26.3 Å². The molecule has 1 unspecified atom stereocenters. The Kier molecular flexibility index (Phi) is 3.03. The van der Waals surface area contributed by atoms with Crippen molar-refractivity contribution < 1.29 is 4.92 Å². The van der Waals surface area contributed by atoms with Crippen molar-refractivity contribution in [3.8, 4) is 0 Å². The fourth-order valence-electron chi connectivity index (χ4n) is 2.18. The molecule has 0 saturated carbocycles. The average Bonchev–Trinajstić information content (AvgIpc) is 2.58. The fraction of sp³-hybridized carbons (Fsp3) is 0.700. The Labute approximate surface area is 104 Å². The van der Waals surface area contributed by atoms with Gasteiger partial charge in [0.1, 0.15) is 6.20 Å². The Morgan fingerprint density at radius 2 is 2.41 bits per heavy atom. The molecule has 17 heavy (non-hydrogen) atoms. The van der Waals surface area contributed by atoms with Crippen molar-refractivity contribution in [1.82, 2.24) is 9.78 Å². The molecule has 7 heteroatoms. The van der Waals surface area contributed by atoms with Crippen molar-refractivity contribution >= 4 is 23.3 Å². The molecule has 94 valence electrons. The Morgan fingerprint density at radius 3 is 2.94 bits per heavy atom. The quantitative estimate of drug-likeness (QED) is 0.646. The van der Waals surface area contributed by atoms with Crippen LogP contribution in [-0.4, -0.2) is 26.2 Å². The molecule has 0 bridgehead atoms. The van der Waals surface area contributed by atoms with E-state index in [4.69, 9.17) is 5.73 Å². The molecular weight excluding hydrogens is 240 g/mol. The number of thioether (sulfide) groups is 1. The number of anilines is 1. The Hall–Kier alpha value is -1.24. The van der Waals surface area contributed by atoms with Crippen molar-refractivity contribution in [3.63, 3.8) is 0 Å². The summed E-state index contributed by atoms with van der Waals surface area (Å²) in [5.41, 5.74) is 5.90. The standard InChI is InChI=1S/C10H16N4O2S/c1-10(2)3-7(5-17-6-10)13-9(11)8(4-12-13)14(15)16/h4,7H,3,5-6,11H2,1-2H3. The van der Waals surface area contributed by atoms with Gasteiger partial charge in [0, 0.05) is 5.75 Å². The molecule has 2 heterocycles. The lowest BCUT2D eigenvalue weighted by Gasteiger charge is -2.34. The maximum Gasteiger partial charge on any atom is 0.330 e. The Morgan fingerprint density at radius 1 is 1.71 bits per heavy atom. The van der Waals surface area contributed by atoms with Crippen LogP contribution in [0.2, 0.25) is 0 Å². The van der Waals surface area contributed by atoms with E-state index >= 15 is 0 Å². The van der Waals surface area contributed by atoms with E-state index in [1.807, 2.05) is 11.8 Å². The molecule has 0 radical (unpaired) electrons. The number of rotatable bonds is 2. The molecule has 1 saturated heterocycles. The van der Waals surface area contributed by atoms with Crippen LogP contribution in [0.25, 0.3) is 0 Å². The molecule has 0 aliphatic carbocycles. The van der Waals surface area contributed by atoms with E-state index in [1.54, 1.807) is 4.68 Å². The van der Waals surface area contributed by atoms with E-state index in [0.717, 1.165) is 17.9 Å². The lowest BCUT2D eigenvalue weighted by atomic mass is 9.88. The molecule has 0 aromatic carbocycles. The van der Waals surface area contributed by atoms with Gasteiger partial charge in [-0.1, -0.05) is 13.8 Å². The third kappa shape index (κ3) is 2.38. The second kappa shape index (κ2) is 4.21. The minimum absolute atomic E-state index is 0.0987. The summed E-state index contributed by atoms with van der Waals surface area (Å²) < 4.78 is 1.60. The van der Waals surface area contributed by atoms with Gasteiger partial charge in [0.05, 0.1) is 11.0 Å². The van der Waals surface area contributed by atoms with Crippen LogP contribution in [0.15, 0.2) is 6.20 Å².